The van der Waals surface area contributed by atoms with Crippen molar-refractivity contribution < 1.29 is 18.3 Å². The number of rotatable bonds is 10. The van der Waals surface area contributed by atoms with Crippen LogP contribution in [0.25, 0.3) is 0 Å². The van der Waals surface area contributed by atoms with Crippen LogP contribution in [0.15, 0.2) is 0 Å². The van der Waals surface area contributed by atoms with Gasteiger partial charge in [0.25, 0.3) is 0 Å². The lowest BCUT2D eigenvalue weighted by Crippen LogP contribution is -2.45. The van der Waals surface area contributed by atoms with Crippen molar-refractivity contribution in [2.75, 3.05) is 46.1 Å². The normalized spacial score (nSPS) is 23.2. The van der Waals surface area contributed by atoms with Crippen LogP contribution in [0.1, 0.15) is 20.3 Å². The molecule has 0 bridgehead atoms. The molecule has 3 unspecified atom stereocenters. The number of nitrogens with two attached hydrogens (primary N) is 1. The first-order chi connectivity index (χ1) is 11.0. The van der Waals surface area contributed by atoms with Crippen LogP contribution in [0.4, 0.5) is 13.6 Å². The summed E-state index contributed by atoms with van der Waals surface area (Å²) >= 11 is 0. The first kappa shape index (κ1) is 20.1. The smallest absolute Gasteiger partial charge is 0.315 e. The van der Waals surface area contributed by atoms with Gasteiger partial charge in [0, 0.05) is 38.3 Å². The molecule has 1 saturated heterocycles. The number of nitrogens with zero attached hydrogens (tertiary/aromatic N) is 1. The fourth-order valence-electron chi connectivity index (χ4n) is 2.62. The number of ether oxygens (including phenoxy) is 1. The average Bonchev–Trinajstić information content (AvgIpc) is 2.86. The largest absolute Gasteiger partial charge is 0.377 e. The lowest BCUT2D eigenvalue weighted by atomic mass is 10.2. The second-order valence-electron chi connectivity index (χ2n) is 6.39. The summed E-state index contributed by atoms with van der Waals surface area (Å²) in [5, 5.41) is 5.70. The number of hydrogen-bond acceptors (Lipinski definition) is 4. The maximum absolute atomic E-state index is 13.6. The minimum Gasteiger partial charge on any atom is -0.377 e. The predicted octanol–water partition coefficient (Wildman–Crippen LogP) is 0.667. The lowest BCUT2D eigenvalue weighted by Gasteiger charge is -2.25. The summed E-state index contributed by atoms with van der Waals surface area (Å²) in [6.45, 7) is 5.16. The van der Waals surface area contributed by atoms with E-state index in [1.807, 2.05) is 18.7 Å². The Labute approximate surface area is 137 Å². The molecule has 1 rings (SSSR count). The van der Waals surface area contributed by atoms with Gasteiger partial charge in [0.1, 0.15) is 12.8 Å². The first-order valence-corrected chi connectivity index (χ1v) is 8.22. The third-order valence-corrected chi connectivity index (χ3v) is 3.75. The van der Waals surface area contributed by atoms with Gasteiger partial charge in [-0.25, -0.2) is 13.6 Å². The minimum atomic E-state index is -1.12. The fourth-order valence-corrected chi connectivity index (χ4v) is 2.62. The van der Waals surface area contributed by atoms with Crippen LogP contribution in [-0.2, 0) is 4.74 Å². The zero-order valence-corrected chi connectivity index (χ0v) is 14.1. The molecular formula is C15H30F2N4O2. The molecule has 136 valence electrons. The van der Waals surface area contributed by atoms with Crippen LogP contribution in [0, 0.1) is 5.92 Å². The van der Waals surface area contributed by atoms with Gasteiger partial charge in [-0.05, 0) is 12.3 Å². The van der Waals surface area contributed by atoms with Crippen LogP contribution in [-0.4, -0.2) is 75.3 Å². The fraction of sp³-hybridized carbons (Fsp3) is 0.933. The molecule has 23 heavy (non-hydrogen) atoms. The number of nitrogens with one attached hydrogen (secondary N) is 2. The number of alkyl halides is 2. The highest BCUT2D eigenvalue weighted by atomic mass is 19.1. The van der Waals surface area contributed by atoms with Gasteiger partial charge in [0.2, 0.25) is 0 Å². The van der Waals surface area contributed by atoms with Gasteiger partial charge in [-0.1, -0.05) is 13.8 Å². The quantitative estimate of drug-likeness (QED) is 0.512. The molecular weight excluding hydrogens is 306 g/mol. The van der Waals surface area contributed by atoms with Crippen LogP contribution >= 0.6 is 0 Å². The molecule has 0 spiro atoms. The zero-order chi connectivity index (χ0) is 17.2. The molecule has 1 aliphatic rings. The number of urea groups is 1. The van der Waals surface area contributed by atoms with Crippen LogP contribution in [0.2, 0.25) is 0 Å². The van der Waals surface area contributed by atoms with E-state index in [1.165, 1.54) is 0 Å². The monoisotopic (exact) mass is 336 g/mol. The van der Waals surface area contributed by atoms with E-state index < -0.39 is 12.8 Å². The number of carbonyl (C=O) groups is 1. The summed E-state index contributed by atoms with van der Waals surface area (Å²) in [6, 6.07) is -0.336. The molecule has 0 aliphatic carbocycles. The molecule has 1 heterocycles. The van der Waals surface area contributed by atoms with Gasteiger partial charge < -0.3 is 21.1 Å². The Bertz CT molecular complexity index is 347. The van der Waals surface area contributed by atoms with Crippen molar-refractivity contribution in [2.45, 2.75) is 38.5 Å². The van der Waals surface area contributed by atoms with E-state index in [0.717, 1.165) is 0 Å². The van der Waals surface area contributed by atoms with E-state index in [0.29, 0.717) is 32.0 Å². The average molecular weight is 336 g/mol. The third kappa shape index (κ3) is 7.90. The molecule has 0 radical (unpaired) electrons. The maximum atomic E-state index is 13.6. The Morgan fingerprint density at radius 2 is 2.22 bits per heavy atom. The topological polar surface area (TPSA) is 79.6 Å². The van der Waals surface area contributed by atoms with Crippen molar-refractivity contribution in [2.24, 2.45) is 11.7 Å². The summed E-state index contributed by atoms with van der Waals surface area (Å²) < 4.78 is 31.0. The van der Waals surface area contributed by atoms with Crippen molar-refractivity contribution in [1.82, 2.24) is 15.5 Å². The van der Waals surface area contributed by atoms with E-state index in [4.69, 9.17) is 10.5 Å². The molecule has 8 heteroatoms. The Kier molecular flexibility index (Phi) is 9.35. The van der Waals surface area contributed by atoms with Gasteiger partial charge in [-0.3, -0.25) is 4.90 Å². The maximum Gasteiger partial charge on any atom is 0.315 e. The molecule has 1 fully saturated rings. The van der Waals surface area contributed by atoms with Crippen molar-refractivity contribution in [3.63, 3.8) is 0 Å². The van der Waals surface area contributed by atoms with E-state index in [2.05, 4.69) is 10.6 Å². The molecule has 4 N–H and O–H groups in total. The summed E-state index contributed by atoms with van der Waals surface area (Å²) in [5.74, 6) is 0.375. The van der Waals surface area contributed by atoms with E-state index >= 15 is 0 Å². The molecule has 3 atom stereocenters. The SMILES string of the molecule is CC(C)CNC(=O)NC1CC(COCCF)N(CC(F)CN)C1. The van der Waals surface area contributed by atoms with Crippen LogP contribution in [0.5, 0.6) is 0 Å². The predicted molar refractivity (Wildman–Crippen MR) is 85.9 cm³/mol. The Morgan fingerprint density at radius 1 is 1.48 bits per heavy atom. The second-order valence-corrected chi connectivity index (χ2v) is 6.39. The molecule has 2 amide bonds. The molecule has 0 aromatic rings. The van der Waals surface area contributed by atoms with Gasteiger partial charge in [0.05, 0.1) is 13.2 Å². The number of hydrogen-bond donors (Lipinski definition) is 3. The lowest BCUT2D eigenvalue weighted by molar-refractivity contribution is 0.0607. The molecule has 6 nitrogen and oxygen atoms in total. The third-order valence-electron chi connectivity index (χ3n) is 3.75. The van der Waals surface area contributed by atoms with E-state index in [1.54, 1.807) is 0 Å². The first-order valence-electron chi connectivity index (χ1n) is 8.22. The van der Waals surface area contributed by atoms with Gasteiger partial charge >= 0.3 is 6.03 Å². The van der Waals surface area contributed by atoms with Gasteiger partial charge in [0.15, 0.2) is 0 Å². The highest BCUT2D eigenvalue weighted by molar-refractivity contribution is 5.74. The Morgan fingerprint density at radius 3 is 2.83 bits per heavy atom. The molecule has 0 aromatic carbocycles. The Hall–Kier alpha value is -0.990. The van der Waals surface area contributed by atoms with Crippen LogP contribution < -0.4 is 16.4 Å². The number of carbonyl (C=O) groups excluding carboxylic acids is 1. The van der Waals surface area contributed by atoms with E-state index in [-0.39, 0.29) is 37.8 Å². The number of amides is 2. The Balaban J connectivity index is 2.47. The summed E-state index contributed by atoms with van der Waals surface area (Å²) in [6.07, 6.45) is -0.467. The molecule has 0 aromatic heterocycles. The van der Waals surface area contributed by atoms with Crippen molar-refractivity contribution in [1.29, 1.82) is 0 Å². The number of likely N-dealkylation sites (tertiary alicyclic amines) is 1. The minimum absolute atomic E-state index is 0.0350. The summed E-state index contributed by atoms with van der Waals surface area (Å²) in [5.41, 5.74) is 5.34. The number of halogens is 2. The zero-order valence-electron chi connectivity index (χ0n) is 14.1. The highest BCUT2D eigenvalue weighted by Gasteiger charge is 2.34. The standard InChI is InChI=1S/C15H30F2N4O2/c1-11(2)7-19-15(22)20-13-5-14(10-23-4-3-16)21(9-13)8-12(17)6-18/h11-14H,3-10,18H2,1-2H3,(H2,19,20,22). The van der Waals surface area contributed by atoms with Gasteiger partial charge in [-0.15, -0.1) is 0 Å². The van der Waals surface area contributed by atoms with E-state index in [9.17, 15) is 13.6 Å². The second kappa shape index (κ2) is 10.7. The molecule has 1 aliphatic heterocycles. The summed E-state index contributed by atoms with van der Waals surface area (Å²) in [4.78, 5) is 13.8. The summed E-state index contributed by atoms with van der Waals surface area (Å²) in [7, 11) is 0. The highest BCUT2D eigenvalue weighted by Crippen LogP contribution is 2.19. The molecule has 0 saturated carbocycles. The van der Waals surface area contributed by atoms with Crippen molar-refractivity contribution >= 4 is 6.03 Å². The van der Waals surface area contributed by atoms with Gasteiger partial charge in [-0.2, -0.15) is 0 Å². The van der Waals surface area contributed by atoms with Crippen LogP contribution in [0.3, 0.4) is 0 Å². The van der Waals surface area contributed by atoms with Crippen molar-refractivity contribution in [3.8, 4) is 0 Å². The van der Waals surface area contributed by atoms with Crippen molar-refractivity contribution in [3.05, 3.63) is 0 Å².